The highest BCUT2D eigenvalue weighted by Crippen LogP contribution is 2.34. The Kier molecular flexibility index (Phi) is 4.50. The molecular formula is C18H15N2P. The van der Waals surface area contributed by atoms with E-state index < -0.39 is 7.92 Å². The van der Waals surface area contributed by atoms with Gasteiger partial charge in [-0.2, -0.15) is 0 Å². The van der Waals surface area contributed by atoms with E-state index in [1.54, 1.807) is 0 Å². The van der Waals surface area contributed by atoms with Crippen molar-refractivity contribution in [3.05, 3.63) is 90.5 Å². The van der Waals surface area contributed by atoms with Crippen molar-refractivity contribution in [1.82, 2.24) is 9.97 Å². The molecule has 1 aromatic carbocycles. The second-order valence-corrected chi connectivity index (χ2v) is 6.43. The molecule has 0 atom stereocenters. The van der Waals surface area contributed by atoms with Crippen molar-refractivity contribution in [2.45, 2.75) is 0 Å². The summed E-state index contributed by atoms with van der Waals surface area (Å²) in [6.45, 7) is 0. The second kappa shape index (κ2) is 6.92. The quantitative estimate of drug-likeness (QED) is 0.686. The third-order valence-electron chi connectivity index (χ3n) is 3.01. The molecule has 0 fully saturated rings. The van der Waals surface area contributed by atoms with Crippen molar-refractivity contribution in [3.8, 4) is 0 Å². The molecule has 21 heavy (non-hydrogen) atoms. The lowest BCUT2D eigenvalue weighted by Crippen LogP contribution is -2.15. The standard InChI is InChI=1S/C18H15N2P/c1-2-8-16(9-3-1)12-15-21(17-10-4-6-13-19-17)18-11-5-7-14-20-18/h1-15H/b15-12+. The average Bonchev–Trinajstić information content (AvgIpc) is 2.58. The van der Waals surface area contributed by atoms with Gasteiger partial charge in [-0.15, -0.1) is 0 Å². The molecule has 0 spiro atoms. The smallest absolute Gasteiger partial charge is 0.0731 e. The maximum atomic E-state index is 4.51. The van der Waals surface area contributed by atoms with E-state index in [0.717, 1.165) is 10.9 Å². The monoisotopic (exact) mass is 290 g/mol. The van der Waals surface area contributed by atoms with Crippen LogP contribution in [0.2, 0.25) is 0 Å². The minimum Gasteiger partial charge on any atom is -0.256 e. The molecule has 0 aliphatic carbocycles. The number of rotatable bonds is 4. The fourth-order valence-electron chi connectivity index (χ4n) is 1.99. The Morgan fingerprint density at radius 1 is 0.667 bits per heavy atom. The zero-order valence-corrected chi connectivity index (χ0v) is 12.4. The van der Waals surface area contributed by atoms with Gasteiger partial charge in [0, 0.05) is 20.3 Å². The summed E-state index contributed by atoms with van der Waals surface area (Å²) in [7, 11) is -0.677. The molecule has 2 nitrogen and oxygen atoms in total. The highest BCUT2D eigenvalue weighted by Gasteiger charge is 2.12. The van der Waals surface area contributed by atoms with Crippen molar-refractivity contribution in [2.24, 2.45) is 0 Å². The van der Waals surface area contributed by atoms with Crippen molar-refractivity contribution >= 4 is 24.9 Å². The van der Waals surface area contributed by atoms with Gasteiger partial charge in [0.25, 0.3) is 0 Å². The van der Waals surface area contributed by atoms with Crippen LogP contribution in [-0.4, -0.2) is 9.97 Å². The molecule has 0 N–H and O–H groups in total. The number of pyridine rings is 2. The Morgan fingerprint density at radius 3 is 1.76 bits per heavy atom. The summed E-state index contributed by atoms with van der Waals surface area (Å²) in [5.41, 5.74) is 3.33. The number of nitrogens with zero attached hydrogens (tertiary/aromatic N) is 2. The van der Waals surface area contributed by atoms with Crippen LogP contribution in [0, 0.1) is 0 Å². The average molecular weight is 290 g/mol. The van der Waals surface area contributed by atoms with Crippen LogP contribution in [0.1, 0.15) is 5.56 Å². The van der Waals surface area contributed by atoms with Crippen LogP contribution in [-0.2, 0) is 0 Å². The summed E-state index contributed by atoms with van der Waals surface area (Å²) in [5.74, 6) is 2.22. The summed E-state index contributed by atoms with van der Waals surface area (Å²) in [4.78, 5) is 9.01. The Hall–Kier alpha value is -2.31. The normalized spacial score (nSPS) is 11.1. The summed E-state index contributed by atoms with van der Waals surface area (Å²) >= 11 is 0. The van der Waals surface area contributed by atoms with Crippen LogP contribution < -0.4 is 10.9 Å². The first kappa shape index (κ1) is 13.7. The summed E-state index contributed by atoms with van der Waals surface area (Å²) in [6.07, 6.45) is 5.82. The lowest BCUT2D eigenvalue weighted by atomic mass is 10.2. The molecule has 0 bridgehead atoms. The van der Waals surface area contributed by atoms with Crippen LogP contribution in [0.3, 0.4) is 0 Å². The number of aromatic nitrogens is 2. The summed E-state index contributed by atoms with van der Waals surface area (Å²) < 4.78 is 0. The molecule has 0 amide bonds. The molecule has 0 saturated heterocycles. The van der Waals surface area contributed by atoms with Crippen LogP contribution in [0.5, 0.6) is 0 Å². The third-order valence-corrected chi connectivity index (χ3v) is 4.97. The molecule has 3 heteroatoms. The van der Waals surface area contributed by atoms with E-state index in [-0.39, 0.29) is 0 Å². The maximum Gasteiger partial charge on any atom is 0.0731 e. The van der Waals surface area contributed by atoms with E-state index in [9.17, 15) is 0 Å². The molecule has 0 radical (unpaired) electrons. The predicted octanol–water partition coefficient (Wildman–Crippen LogP) is 3.58. The van der Waals surface area contributed by atoms with Gasteiger partial charge in [-0.3, -0.25) is 9.97 Å². The van der Waals surface area contributed by atoms with E-state index in [4.69, 9.17) is 0 Å². The van der Waals surface area contributed by atoms with Gasteiger partial charge < -0.3 is 0 Å². The zero-order valence-electron chi connectivity index (χ0n) is 11.5. The van der Waals surface area contributed by atoms with E-state index in [2.05, 4.69) is 46.1 Å². The van der Waals surface area contributed by atoms with Gasteiger partial charge in [0.1, 0.15) is 0 Å². The summed E-state index contributed by atoms with van der Waals surface area (Å²) in [5, 5.41) is 0. The molecule has 0 saturated carbocycles. The van der Waals surface area contributed by atoms with E-state index in [1.165, 1.54) is 5.56 Å². The van der Waals surface area contributed by atoms with Gasteiger partial charge in [-0.1, -0.05) is 48.5 Å². The molecule has 3 rings (SSSR count). The highest BCUT2D eigenvalue weighted by atomic mass is 31.1. The highest BCUT2D eigenvalue weighted by molar-refractivity contribution is 7.75. The molecule has 102 valence electrons. The Bertz CT molecular complexity index is 658. The van der Waals surface area contributed by atoms with Crippen LogP contribution in [0.15, 0.2) is 84.9 Å². The molecule has 2 heterocycles. The van der Waals surface area contributed by atoms with Crippen molar-refractivity contribution in [3.63, 3.8) is 0 Å². The Morgan fingerprint density at radius 2 is 1.24 bits per heavy atom. The lowest BCUT2D eigenvalue weighted by molar-refractivity contribution is 1.37. The minimum absolute atomic E-state index is 0.677. The minimum atomic E-state index is -0.677. The van der Waals surface area contributed by atoms with Crippen LogP contribution in [0.25, 0.3) is 6.08 Å². The van der Waals surface area contributed by atoms with Gasteiger partial charge in [-0.05, 0) is 35.6 Å². The molecular weight excluding hydrogens is 275 g/mol. The molecule has 0 aliphatic heterocycles. The van der Waals surface area contributed by atoms with E-state index >= 15 is 0 Å². The topological polar surface area (TPSA) is 25.8 Å². The molecule has 0 aliphatic rings. The second-order valence-electron chi connectivity index (χ2n) is 4.47. The molecule has 2 aromatic heterocycles. The van der Waals surface area contributed by atoms with E-state index in [0.29, 0.717) is 0 Å². The fourth-order valence-corrected chi connectivity index (χ4v) is 3.72. The van der Waals surface area contributed by atoms with Crippen molar-refractivity contribution in [1.29, 1.82) is 0 Å². The van der Waals surface area contributed by atoms with Crippen LogP contribution >= 0.6 is 7.92 Å². The third kappa shape index (κ3) is 3.62. The zero-order chi connectivity index (χ0) is 14.3. The van der Waals surface area contributed by atoms with Crippen molar-refractivity contribution in [2.75, 3.05) is 0 Å². The number of benzene rings is 1. The number of hydrogen-bond donors (Lipinski definition) is 0. The summed E-state index contributed by atoms with van der Waals surface area (Å²) in [6, 6.07) is 22.4. The first-order valence-electron chi connectivity index (χ1n) is 6.78. The Labute approximate surface area is 126 Å². The maximum absolute atomic E-state index is 4.51. The largest absolute Gasteiger partial charge is 0.256 e. The van der Waals surface area contributed by atoms with Gasteiger partial charge in [0.15, 0.2) is 0 Å². The molecule has 0 unspecified atom stereocenters. The number of hydrogen-bond acceptors (Lipinski definition) is 2. The SMILES string of the molecule is C(=C\P(c1ccccn1)c1ccccn1)/c1ccccc1. The van der Waals surface area contributed by atoms with Gasteiger partial charge in [0.2, 0.25) is 0 Å². The van der Waals surface area contributed by atoms with E-state index in [1.807, 2.05) is 54.9 Å². The first-order chi connectivity index (χ1) is 10.4. The fraction of sp³-hybridized carbons (Fsp3) is 0. The lowest BCUT2D eigenvalue weighted by Gasteiger charge is -2.11. The first-order valence-corrected chi connectivity index (χ1v) is 8.19. The van der Waals surface area contributed by atoms with Gasteiger partial charge >= 0.3 is 0 Å². The van der Waals surface area contributed by atoms with Gasteiger partial charge in [0.05, 0.1) is 10.9 Å². The predicted molar refractivity (Wildman–Crippen MR) is 90.1 cm³/mol. The van der Waals surface area contributed by atoms with Gasteiger partial charge in [-0.25, -0.2) is 0 Å². The van der Waals surface area contributed by atoms with Crippen LogP contribution in [0.4, 0.5) is 0 Å². The van der Waals surface area contributed by atoms with Crippen molar-refractivity contribution < 1.29 is 0 Å². The Balaban J connectivity index is 1.96. The molecule has 3 aromatic rings.